The van der Waals surface area contributed by atoms with Gasteiger partial charge in [0.05, 0.1) is 11.4 Å². The van der Waals surface area contributed by atoms with E-state index in [2.05, 4.69) is 5.32 Å². The summed E-state index contributed by atoms with van der Waals surface area (Å²) in [4.78, 5) is 14.5. The van der Waals surface area contributed by atoms with E-state index < -0.39 is 10.0 Å². The fourth-order valence-electron chi connectivity index (χ4n) is 3.65. The number of rotatable bonds is 6. The summed E-state index contributed by atoms with van der Waals surface area (Å²) in [5, 5.41) is 3.11. The number of hydrogen-bond donors (Lipinski definition) is 1. The van der Waals surface area contributed by atoms with Crippen molar-refractivity contribution in [2.75, 3.05) is 32.7 Å². The summed E-state index contributed by atoms with van der Waals surface area (Å²) in [6.45, 7) is 6.93. The maximum atomic E-state index is 13.4. The highest BCUT2D eigenvalue weighted by atomic mass is 32.2. The molecule has 0 unspecified atom stereocenters. The van der Waals surface area contributed by atoms with Gasteiger partial charge in [-0.25, -0.2) is 12.8 Å². The first-order valence-corrected chi connectivity index (χ1v) is 11.5. The fourth-order valence-corrected chi connectivity index (χ4v) is 5.28. The van der Waals surface area contributed by atoms with Crippen LogP contribution in [0.2, 0.25) is 0 Å². The van der Waals surface area contributed by atoms with Gasteiger partial charge in [0.1, 0.15) is 5.82 Å². The summed E-state index contributed by atoms with van der Waals surface area (Å²) in [5.74, 6) is -0.407. The summed E-state index contributed by atoms with van der Waals surface area (Å²) in [6.07, 6.45) is 0. The van der Waals surface area contributed by atoms with E-state index in [1.165, 1.54) is 16.4 Å². The van der Waals surface area contributed by atoms with Crippen LogP contribution in [0.1, 0.15) is 29.7 Å². The topological polar surface area (TPSA) is 69.7 Å². The number of halogens is 1. The molecule has 1 atom stereocenters. The predicted molar refractivity (Wildman–Crippen MR) is 114 cm³/mol. The van der Waals surface area contributed by atoms with Crippen molar-refractivity contribution in [1.29, 1.82) is 0 Å². The third-order valence-electron chi connectivity index (χ3n) is 5.45. The van der Waals surface area contributed by atoms with Crippen molar-refractivity contribution in [3.05, 3.63) is 65.0 Å². The van der Waals surface area contributed by atoms with Gasteiger partial charge in [-0.05, 0) is 50.1 Å². The van der Waals surface area contributed by atoms with Gasteiger partial charge in [0.2, 0.25) is 15.9 Å². The quantitative estimate of drug-likeness (QED) is 0.760. The molecule has 6 nitrogen and oxygen atoms in total. The van der Waals surface area contributed by atoms with Gasteiger partial charge in [-0.3, -0.25) is 4.79 Å². The maximum absolute atomic E-state index is 13.4. The summed E-state index contributed by atoms with van der Waals surface area (Å²) < 4.78 is 40.8. The molecule has 1 heterocycles. The minimum absolute atomic E-state index is 0.0955. The highest BCUT2D eigenvalue weighted by Gasteiger charge is 2.31. The zero-order valence-electron chi connectivity index (χ0n) is 17.6. The smallest absolute Gasteiger partial charge is 0.243 e. The Morgan fingerprint density at radius 3 is 2.43 bits per heavy atom. The molecule has 3 rings (SSSR count). The van der Waals surface area contributed by atoms with Crippen LogP contribution in [0.15, 0.2) is 47.4 Å². The Bertz CT molecular complexity index is 1020. The van der Waals surface area contributed by atoms with Gasteiger partial charge in [0.25, 0.3) is 0 Å². The Hall–Kier alpha value is -2.29. The van der Waals surface area contributed by atoms with Crippen LogP contribution in [-0.2, 0) is 14.8 Å². The molecule has 30 heavy (non-hydrogen) atoms. The first-order chi connectivity index (χ1) is 14.2. The van der Waals surface area contributed by atoms with E-state index in [9.17, 15) is 17.6 Å². The number of nitrogens with one attached hydrogen (secondary N) is 1. The molecule has 0 spiro atoms. The average Bonchev–Trinajstić information content (AvgIpc) is 2.71. The van der Waals surface area contributed by atoms with E-state index in [1.807, 2.05) is 26.0 Å². The van der Waals surface area contributed by atoms with Crippen molar-refractivity contribution in [3.63, 3.8) is 0 Å². The van der Waals surface area contributed by atoms with Crippen LogP contribution in [-0.4, -0.2) is 56.3 Å². The number of piperazine rings is 1. The Kier molecular flexibility index (Phi) is 6.90. The Labute approximate surface area is 177 Å². The molecule has 1 saturated heterocycles. The molecule has 0 aromatic heterocycles. The van der Waals surface area contributed by atoms with Crippen LogP contribution in [0, 0.1) is 19.7 Å². The number of aryl methyl sites for hydroxylation is 2. The largest absolute Gasteiger partial charge is 0.339 e. The third kappa shape index (κ3) is 5.06. The molecule has 0 bridgehead atoms. The van der Waals surface area contributed by atoms with Crippen LogP contribution >= 0.6 is 0 Å². The summed E-state index contributed by atoms with van der Waals surface area (Å²) in [5.41, 5.74) is 2.51. The molecule has 0 saturated carbocycles. The Balaban J connectivity index is 1.55. The molecule has 2 aromatic rings. The molecule has 1 aliphatic rings. The van der Waals surface area contributed by atoms with Gasteiger partial charge in [-0.1, -0.05) is 29.8 Å². The monoisotopic (exact) mass is 433 g/mol. The summed E-state index contributed by atoms with van der Waals surface area (Å²) in [7, 11) is -3.58. The van der Waals surface area contributed by atoms with Crippen LogP contribution in [0.5, 0.6) is 0 Å². The number of nitrogens with zero attached hydrogens (tertiary/aromatic N) is 2. The maximum Gasteiger partial charge on any atom is 0.243 e. The molecule has 1 fully saturated rings. The van der Waals surface area contributed by atoms with Gasteiger partial charge in [0, 0.05) is 32.2 Å². The first-order valence-electron chi connectivity index (χ1n) is 10.0. The lowest BCUT2D eigenvalue weighted by molar-refractivity contribution is -0.131. The van der Waals surface area contributed by atoms with Gasteiger partial charge in [0.15, 0.2) is 0 Å². The van der Waals surface area contributed by atoms with Gasteiger partial charge < -0.3 is 10.2 Å². The second kappa shape index (κ2) is 9.24. The first kappa shape index (κ1) is 22.4. The number of amides is 1. The van der Waals surface area contributed by atoms with Crippen molar-refractivity contribution in [2.45, 2.75) is 31.7 Å². The lowest BCUT2D eigenvalue weighted by Gasteiger charge is -2.34. The summed E-state index contributed by atoms with van der Waals surface area (Å²) >= 11 is 0. The van der Waals surface area contributed by atoms with Crippen LogP contribution in [0.25, 0.3) is 0 Å². The van der Waals surface area contributed by atoms with Crippen molar-refractivity contribution in [1.82, 2.24) is 14.5 Å². The average molecular weight is 434 g/mol. The van der Waals surface area contributed by atoms with Crippen molar-refractivity contribution < 1.29 is 17.6 Å². The Morgan fingerprint density at radius 1 is 1.10 bits per heavy atom. The highest BCUT2D eigenvalue weighted by Crippen LogP contribution is 2.22. The number of benzene rings is 2. The number of hydrogen-bond acceptors (Lipinski definition) is 4. The molecule has 8 heteroatoms. The standard InChI is InChI=1S/C22H28FN3O3S/c1-16-7-8-21(17(2)13-16)30(28,29)26-11-9-25(10-12-26)22(27)15-24-18(3)19-5-4-6-20(23)14-19/h4-8,13-14,18,24H,9-12,15H2,1-3H3/t18-/m0/s1. The highest BCUT2D eigenvalue weighted by molar-refractivity contribution is 7.89. The lowest BCUT2D eigenvalue weighted by atomic mass is 10.1. The number of carbonyl (C=O) groups excluding carboxylic acids is 1. The zero-order chi connectivity index (χ0) is 21.9. The molecule has 2 aromatic carbocycles. The van der Waals surface area contributed by atoms with E-state index in [4.69, 9.17) is 0 Å². The number of carbonyl (C=O) groups is 1. The SMILES string of the molecule is Cc1ccc(S(=O)(=O)N2CCN(C(=O)CN[C@@H](C)c3cccc(F)c3)CC2)c(C)c1. The minimum atomic E-state index is -3.58. The molecule has 1 amide bonds. The zero-order valence-corrected chi connectivity index (χ0v) is 18.4. The third-order valence-corrected chi connectivity index (χ3v) is 7.51. The number of sulfonamides is 1. The second-order valence-corrected chi connectivity index (χ2v) is 9.62. The van der Waals surface area contributed by atoms with Crippen LogP contribution < -0.4 is 5.32 Å². The minimum Gasteiger partial charge on any atom is -0.339 e. The van der Waals surface area contributed by atoms with E-state index >= 15 is 0 Å². The van der Waals surface area contributed by atoms with Crippen molar-refractivity contribution >= 4 is 15.9 Å². The molecule has 1 N–H and O–H groups in total. The van der Waals surface area contributed by atoms with Gasteiger partial charge in [-0.2, -0.15) is 4.31 Å². The van der Waals surface area contributed by atoms with E-state index in [0.717, 1.165) is 16.7 Å². The fraction of sp³-hybridized carbons (Fsp3) is 0.409. The molecule has 0 aliphatic carbocycles. The Morgan fingerprint density at radius 2 is 1.80 bits per heavy atom. The van der Waals surface area contributed by atoms with Gasteiger partial charge >= 0.3 is 0 Å². The van der Waals surface area contributed by atoms with E-state index in [-0.39, 0.29) is 37.4 Å². The molecular formula is C22H28FN3O3S. The molecule has 1 aliphatic heterocycles. The van der Waals surface area contributed by atoms with Crippen molar-refractivity contribution in [3.8, 4) is 0 Å². The molecular weight excluding hydrogens is 405 g/mol. The van der Waals surface area contributed by atoms with Gasteiger partial charge in [-0.15, -0.1) is 0 Å². The van der Waals surface area contributed by atoms with Crippen molar-refractivity contribution in [2.24, 2.45) is 0 Å². The normalized spacial score (nSPS) is 16.5. The van der Waals surface area contributed by atoms with E-state index in [0.29, 0.717) is 18.0 Å². The van der Waals surface area contributed by atoms with Crippen LogP contribution in [0.3, 0.4) is 0 Å². The van der Waals surface area contributed by atoms with E-state index in [1.54, 1.807) is 30.0 Å². The predicted octanol–water partition coefficient (Wildman–Crippen LogP) is 2.63. The van der Waals surface area contributed by atoms with Crippen LogP contribution in [0.4, 0.5) is 4.39 Å². The molecule has 0 radical (unpaired) electrons. The summed E-state index contributed by atoms with van der Waals surface area (Å²) in [6, 6.07) is 11.4. The second-order valence-electron chi connectivity index (χ2n) is 7.71. The lowest BCUT2D eigenvalue weighted by Crippen LogP contribution is -2.52. The molecule has 162 valence electrons.